The molecule has 4 nitrogen and oxygen atoms in total. The molecule has 0 saturated carbocycles. The van der Waals surface area contributed by atoms with Gasteiger partial charge in [-0.3, -0.25) is 4.79 Å². The number of carbonyl (C=O) groups excluding carboxylic acids is 1. The highest BCUT2D eigenvalue weighted by atomic mass is 79.9. The SMILES string of the molecule is COc1ccc(Cl)cc1NC(=O)CCCC[n+]1ccccc1.[Br-]. The summed E-state index contributed by atoms with van der Waals surface area (Å²) in [4.78, 5) is 12.0. The number of nitrogens with one attached hydrogen (secondary N) is 1. The number of carbonyl (C=O) groups is 1. The third-order valence-corrected chi connectivity index (χ3v) is 3.52. The minimum Gasteiger partial charge on any atom is -1.00 e. The summed E-state index contributed by atoms with van der Waals surface area (Å²) in [7, 11) is 1.57. The van der Waals surface area contributed by atoms with Crippen LogP contribution in [0, 0.1) is 0 Å². The molecule has 0 atom stereocenters. The second kappa shape index (κ2) is 10.2. The summed E-state index contributed by atoms with van der Waals surface area (Å²) >= 11 is 5.94. The number of anilines is 1. The second-order valence-corrected chi connectivity index (χ2v) is 5.40. The van der Waals surface area contributed by atoms with Crippen LogP contribution < -0.4 is 31.6 Å². The zero-order valence-electron chi connectivity index (χ0n) is 13.0. The first-order chi connectivity index (χ1) is 10.7. The van der Waals surface area contributed by atoms with E-state index in [0.717, 1.165) is 19.4 Å². The lowest BCUT2D eigenvalue weighted by Gasteiger charge is -2.10. The van der Waals surface area contributed by atoms with Gasteiger partial charge >= 0.3 is 0 Å². The van der Waals surface area contributed by atoms with Gasteiger partial charge in [0.25, 0.3) is 0 Å². The lowest BCUT2D eigenvalue weighted by atomic mass is 10.2. The van der Waals surface area contributed by atoms with Gasteiger partial charge in [0.2, 0.25) is 5.91 Å². The van der Waals surface area contributed by atoms with Crippen molar-refractivity contribution >= 4 is 23.2 Å². The van der Waals surface area contributed by atoms with Crippen molar-refractivity contribution in [1.82, 2.24) is 0 Å². The van der Waals surface area contributed by atoms with Crippen LogP contribution in [0.5, 0.6) is 5.75 Å². The summed E-state index contributed by atoms with van der Waals surface area (Å²) in [5.74, 6) is 0.580. The van der Waals surface area contributed by atoms with E-state index >= 15 is 0 Å². The fraction of sp³-hybridized carbons (Fsp3) is 0.294. The average Bonchev–Trinajstić information content (AvgIpc) is 2.53. The number of ether oxygens (including phenoxy) is 1. The summed E-state index contributed by atoms with van der Waals surface area (Å²) in [6.07, 6.45) is 6.31. The van der Waals surface area contributed by atoms with Crippen LogP contribution in [0.2, 0.25) is 5.02 Å². The Hall–Kier alpha value is -1.59. The molecule has 0 spiro atoms. The Kier molecular flexibility index (Phi) is 8.66. The number of nitrogens with zero attached hydrogens (tertiary/aromatic N) is 1. The molecule has 0 aliphatic carbocycles. The Labute approximate surface area is 152 Å². The van der Waals surface area contributed by atoms with Crippen LogP contribution in [0.4, 0.5) is 5.69 Å². The van der Waals surface area contributed by atoms with Crippen molar-refractivity contribution in [3.8, 4) is 5.75 Å². The van der Waals surface area contributed by atoms with E-state index in [1.165, 1.54) is 0 Å². The van der Waals surface area contributed by atoms with Gasteiger partial charge < -0.3 is 27.0 Å². The fourth-order valence-electron chi connectivity index (χ4n) is 2.15. The van der Waals surface area contributed by atoms with E-state index in [2.05, 4.69) is 9.88 Å². The molecule has 1 heterocycles. The topological polar surface area (TPSA) is 42.2 Å². The number of aryl methyl sites for hydroxylation is 1. The second-order valence-electron chi connectivity index (χ2n) is 4.96. The zero-order valence-corrected chi connectivity index (χ0v) is 15.3. The summed E-state index contributed by atoms with van der Waals surface area (Å²) < 4.78 is 7.32. The molecular weight excluding hydrogens is 380 g/mol. The molecule has 0 bridgehead atoms. The van der Waals surface area contributed by atoms with E-state index in [4.69, 9.17) is 16.3 Å². The predicted octanol–water partition coefficient (Wildman–Crippen LogP) is 0.449. The first kappa shape index (κ1) is 19.5. The van der Waals surface area contributed by atoms with Crippen molar-refractivity contribution in [3.05, 3.63) is 53.8 Å². The minimum atomic E-state index is -0.0290. The molecule has 6 heteroatoms. The minimum absolute atomic E-state index is 0. The molecule has 2 rings (SSSR count). The number of pyridine rings is 1. The van der Waals surface area contributed by atoms with Crippen LogP contribution in [-0.4, -0.2) is 13.0 Å². The van der Waals surface area contributed by atoms with Gasteiger partial charge in [-0.15, -0.1) is 0 Å². The molecule has 1 aromatic carbocycles. The number of halogens is 2. The normalized spacial score (nSPS) is 9.83. The van der Waals surface area contributed by atoms with Crippen molar-refractivity contribution in [2.24, 2.45) is 0 Å². The van der Waals surface area contributed by atoms with Gasteiger partial charge in [-0.05, 0) is 24.6 Å². The molecule has 124 valence electrons. The van der Waals surface area contributed by atoms with Crippen LogP contribution in [0.25, 0.3) is 0 Å². The Morgan fingerprint density at radius 3 is 2.65 bits per heavy atom. The van der Waals surface area contributed by atoms with Gasteiger partial charge in [0.05, 0.1) is 12.8 Å². The molecule has 1 amide bonds. The molecule has 1 aromatic heterocycles. The number of aromatic nitrogens is 1. The Morgan fingerprint density at radius 2 is 1.96 bits per heavy atom. The molecule has 0 unspecified atom stereocenters. The Bertz CT molecular complexity index is 623. The van der Waals surface area contributed by atoms with Crippen LogP contribution in [0.3, 0.4) is 0 Å². The standard InChI is InChI=1S/C17H19ClN2O2.BrH/c1-22-16-9-8-14(18)13-15(16)19-17(21)7-3-6-12-20-10-4-2-5-11-20;/h2,4-5,8-11,13H,3,6-7,12H2,1H3;1H. The maximum Gasteiger partial charge on any atom is 0.224 e. The van der Waals surface area contributed by atoms with Gasteiger partial charge in [0, 0.05) is 30.0 Å². The predicted molar refractivity (Wildman–Crippen MR) is 87.1 cm³/mol. The highest BCUT2D eigenvalue weighted by molar-refractivity contribution is 6.31. The average molecular weight is 400 g/mol. The van der Waals surface area contributed by atoms with Crippen molar-refractivity contribution in [3.63, 3.8) is 0 Å². The molecule has 0 aliphatic heterocycles. The molecule has 2 aromatic rings. The van der Waals surface area contributed by atoms with Crippen LogP contribution in [0.15, 0.2) is 48.8 Å². The van der Waals surface area contributed by atoms with E-state index in [0.29, 0.717) is 22.9 Å². The summed E-state index contributed by atoms with van der Waals surface area (Å²) in [5.41, 5.74) is 0.609. The van der Waals surface area contributed by atoms with E-state index in [1.807, 2.05) is 30.6 Å². The van der Waals surface area contributed by atoms with E-state index in [-0.39, 0.29) is 22.9 Å². The van der Waals surface area contributed by atoms with Crippen molar-refractivity contribution < 1.29 is 31.1 Å². The summed E-state index contributed by atoms with van der Waals surface area (Å²) in [6, 6.07) is 11.1. The third kappa shape index (κ3) is 6.59. The highest BCUT2D eigenvalue weighted by Crippen LogP contribution is 2.27. The van der Waals surface area contributed by atoms with Gasteiger partial charge in [-0.1, -0.05) is 17.7 Å². The number of rotatable bonds is 7. The van der Waals surface area contributed by atoms with Gasteiger partial charge in [-0.25, -0.2) is 4.57 Å². The molecule has 0 radical (unpaired) electrons. The molecule has 23 heavy (non-hydrogen) atoms. The van der Waals surface area contributed by atoms with Gasteiger partial charge in [0.1, 0.15) is 12.3 Å². The van der Waals surface area contributed by atoms with Gasteiger partial charge in [-0.2, -0.15) is 0 Å². The number of unbranched alkanes of at least 4 members (excludes halogenated alkanes) is 1. The Balaban J connectivity index is 0.00000264. The fourth-order valence-corrected chi connectivity index (χ4v) is 2.33. The molecule has 0 saturated heterocycles. The van der Waals surface area contributed by atoms with E-state index in [1.54, 1.807) is 25.3 Å². The molecular formula is C17H20BrClN2O2. The van der Waals surface area contributed by atoms with E-state index in [9.17, 15) is 4.79 Å². The number of benzene rings is 1. The lowest BCUT2D eigenvalue weighted by molar-refractivity contribution is -0.697. The number of hydrogen-bond acceptors (Lipinski definition) is 2. The highest BCUT2D eigenvalue weighted by Gasteiger charge is 2.08. The summed E-state index contributed by atoms with van der Waals surface area (Å²) in [5, 5.41) is 3.41. The van der Waals surface area contributed by atoms with Crippen molar-refractivity contribution in [2.75, 3.05) is 12.4 Å². The van der Waals surface area contributed by atoms with Gasteiger partial charge in [0.15, 0.2) is 12.4 Å². The molecule has 0 aliphatic rings. The van der Waals surface area contributed by atoms with E-state index < -0.39 is 0 Å². The first-order valence-corrected chi connectivity index (χ1v) is 7.64. The third-order valence-electron chi connectivity index (χ3n) is 3.28. The summed E-state index contributed by atoms with van der Waals surface area (Å²) in [6.45, 7) is 0.911. The van der Waals surface area contributed by atoms with Crippen LogP contribution in [-0.2, 0) is 11.3 Å². The molecule has 1 N–H and O–H groups in total. The lowest BCUT2D eigenvalue weighted by Crippen LogP contribution is -3.00. The number of amides is 1. The number of hydrogen-bond donors (Lipinski definition) is 1. The van der Waals surface area contributed by atoms with Crippen LogP contribution >= 0.6 is 11.6 Å². The zero-order chi connectivity index (χ0) is 15.8. The van der Waals surface area contributed by atoms with Crippen LogP contribution in [0.1, 0.15) is 19.3 Å². The van der Waals surface area contributed by atoms with Crippen molar-refractivity contribution in [2.45, 2.75) is 25.8 Å². The first-order valence-electron chi connectivity index (χ1n) is 7.26. The monoisotopic (exact) mass is 398 g/mol. The maximum absolute atomic E-state index is 12.0. The van der Waals surface area contributed by atoms with Crippen molar-refractivity contribution in [1.29, 1.82) is 0 Å². The molecule has 0 fully saturated rings. The maximum atomic E-state index is 12.0. The largest absolute Gasteiger partial charge is 1.00 e. The number of methoxy groups -OCH3 is 1. The smallest absolute Gasteiger partial charge is 0.224 e. The Morgan fingerprint density at radius 1 is 1.22 bits per heavy atom. The quantitative estimate of drug-likeness (QED) is 0.543.